The number of ether oxygens (including phenoxy) is 1. The van der Waals surface area contributed by atoms with E-state index in [1.165, 1.54) is 0 Å². The lowest BCUT2D eigenvalue weighted by Gasteiger charge is -2.40. The van der Waals surface area contributed by atoms with E-state index in [1.54, 1.807) is 7.11 Å². The zero-order chi connectivity index (χ0) is 15.3. The number of hydrogen-bond acceptors (Lipinski definition) is 3. The maximum absolute atomic E-state index is 12.4. The molecule has 1 saturated carbocycles. The standard InChI is InChI=1S/C17H21NO3/c1-13-6-7-14(5-3-10-19)15(11-13)16(20)18-12-17(21-2)8-4-9-17/h6-7,11,19H,4,8-10,12H2,1-2H3,(H,18,20). The van der Waals surface area contributed by atoms with Gasteiger partial charge in [0.25, 0.3) is 5.91 Å². The molecule has 0 heterocycles. The van der Waals surface area contributed by atoms with Crippen LogP contribution in [0.5, 0.6) is 0 Å². The molecular weight excluding hydrogens is 266 g/mol. The summed E-state index contributed by atoms with van der Waals surface area (Å²) in [5, 5.41) is 11.7. The van der Waals surface area contributed by atoms with Crippen molar-refractivity contribution in [3.63, 3.8) is 0 Å². The molecular formula is C17H21NO3. The Kier molecular flexibility index (Phi) is 5.00. The van der Waals surface area contributed by atoms with Crippen LogP contribution >= 0.6 is 0 Å². The van der Waals surface area contributed by atoms with Gasteiger partial charge in [0.2, 0.25) is 0 Å². The van der Waals surface area contributed by atoms with Crippen LogP contribution in [-0.2, 0) is 4.74 Å². The third kappa shape index (κ3) is 3.63. The van der Waals surface area contributed by atoms with Gasteiger partial charge in [0.1, 0.15) is 6.61 Å². The van der Waals surface area contributed by atoms with Gasteiger partial charge in [-0.3, -0.25) is 4.79 Å². The van der Waals surface area contributed by atoms with E-state index in [4.69, 9.17) is 9.84 Å². The van der Waals surface area contributed by atoms with Gasteiger partial charge < -0.3 is 15.2 Å². The Labute approximate surface area is 125 Å². The molecule has 0 bridgehead atoms. The number of nitrogens with one attached hydrogen (secondary N) is 1. The summed E-state index contributed by atoms with van der Waals surface area (Å²) in [6.07, 6.45) is 3.10. The lowest BCUT2D eigenvalue weighted by Crippen LogP contribution is -2.49. The predicted octanol–water partition coefficient (Wildman–Crippen LogP) is 1.64. The molecule has 0 atom stereocenters. The lowest BCUT2D eigenvalue weighted by molar-refractivity contribution is -0.0679. The number of carbonyl (C=O) groups is 1. The van der Waals surface area contributed by atoms with Crippen molar-refractivity contribution in [1.29, 1.82) is 0 Å². The number of aryl methyl sites for hydroxylation is 1. The summed E-state index contributed by atoms with van der Waals surface area (Å²) in [4.78, 5) is 12.4. The summed E-state index contributed by atoms with van der Waals surface area (Å²) < 4.78 is 5.50. The number of carbonyl (C=O) groups excluding carboxylic acids is 1. The molecule has 0 unspecified atom stereocenters. The maximum atomic E-state index is 12.4. The summed E-state index contributed by atoms with van der Waals surface area (Å²) in [7, 11) is 1.69. The van der Waals surface area contributed by atoms with E-state index in [2.05, 4.69) is 17.2 Å². The van der Waals surface area contributed by atoms with Crippen molar-refractivity contribution in [3.05, 3.63) is 34.9 Å². The van der Waals surface area contributed by atoms with E-state index >= 15 is 0 Å². The number of aliphatic hydroxyl groups is 1. The fourth-order valence-electron chi connectivity index (χ4n) is 2.45. The largest absolute Gasteiger partial charge is 0.384 e. The predicted molar refractivity (Wildman–Crippen MR) is 81.1 cm³/mol. The number of rotatable bonds is 4. The van der Waals surface area contributed by atoms with Crippen LogP contribution in [0.25, 0.3) is 0 Å². The van der Waals surface area contributed by atoms with Crippen LogP contribution in [0.4, 0.5) is 0 Å². The summed E-state index contributed by atoms with van der Waals surface area (Å²) >= 11 is 0. The van der Waals surface area contributed by atoms with Crippen LogP contribution in [0.15, 0.2) is 18.2 Å². The van der Waals surface area contributed by atoms with Gasteiger partial charge in [-0.05, 0) is 38.3 Å². The third-order valence-corrected chi connectivity index (χ3v) is 3.99. The number of benzene rings is 1. The first kappa shape index (κ1) is 15.6. The number of aliphatic hydroxyl groups excluding tert-OH is 1. The molecule has 2 rings (SSSR count). The molecule has 1 aliphatic rings. The first-order valence-corrected chi connectivity index (χ1v) is 7.14. The normalized spacial score (nSPS) is 15.6. The summed E-state index contributed by atoms with van der Waals surface area (Å²) in [5.41, 5.74) is 1.98. The molecule has 0 saturated heterocycles. The van der Waals surface area contributed by atoms with E-state index in [0.29, 0.717) is 17.7 Å². The molecule has 21 heavy (non-hydrogen) atoms. The first-order chi connectivity index (χ1) is 10.1. The van der Waals surface area contributed by atoms with Crippen molar-refractivity contribution in [2.75, 3.05) is 20.3 Å². The minimum absolute atomic E-state index is 0.149. The Balaban J connectivity index is 2.12. The highest BCUT2D eigenvalue weighted by Crippen LogP contribution is 2.34. The number of amides is 1. The average molecular weight is 287 g/mol. The van der Waals surface area contributed by atoms with Gasteiger partial charge in [-0.25, -0.2) is 0 Å². The fourth-order valence-corrected chi connectivity index (χ4v) is 2.45. The Bertz CT molecular complexity index is 574. The maximum Gasteiger partial charge on any atom is 0.252 e. The van der Waals surface area contributed by atoms with E-state index in [0.717, 1.165) is 24.8 Å². The van der Waals surface area contributed by atoms with Crippen LogP contribution in [0.2, 0.25) is 0 Å². The molecule has 1 fully saturated rings. The molecule has 1 aromatic rings. The molecule has 0 aromatic heterocycles. The van der Waals surface area contributed by atoms with Crippen molar-refractivity contribution in [2.45, 2.75) is 31.8 Å². The Morgan fingerprint density at radius 2 is 2.24 bits per heavy atom. The molecule has 0 aliphatic heterocycles. The zero-order valence-electron chi connectivity index (χ0n) is 12.5. The van der Waals surface area contributed by atoms with Crippen molar-refractivity contribution in [1.82, 2.24) is 5.32 Å². The van der Waals surface area contributed by atoms with E-state index in [1.807, 2.05) is 25.1 Å². The highest BCUT2D eigenvalue weighted by atomic mass is 16.5. The van der Waals surface area contributed by atoms with Gasteiger partial charge >= 0.3 is 0 Å². The van der Waals surface area contributed by atoms with Gasteiger partial charge in [0.05, 0.1) is 11.2 Å². The van der Waals surface area contributed by atoms with E-state index < -0.39 is 0 Å². The fraction of sp³-hybridized carbons (Fsp3) is 0.471. The van der Waals surface area contributed by atoms with Crippen LogP contribution in [0.1, 0.15) is 40.7 Å². The van der Waals surface area contributed by atoms with Crippen LogP contribution in [-0.4, -0.2) is 36.9 Å². The van der Waals surface area contributed by atoms with Gasteiger partial charge in [-0.2, -0.15) is 0 Å². The highest BCUT2D eigenvalue weighted by molar-refractivity contribution is 5.97. The Morgan fingerprint density at radius 3 is 2.81 bits per heavy atom. The molecule has 0 spiro atoms. The molecule has 4 heteroatoms. The van der Waals surface area contributed by atoms with Crippen molar-refractivity contribution in [2.24, 2.45) is 0 Å². The minimum atomic E-state index is -0.221. The number of hydrogen-bond donors (Lipinski definition) is 2. The quantitative estimate of drug-likeness (QED) is 0.828. The monoisotopic (exact) mass is 287 g/mol. The highest BCUT2D eigenvalue weighted by Gasteiger charge is 2.37. The van der Waals surface area contributed by atoms with Gasteiger partial charge in [0.15, 0.2) is 0 Å². The van der Waals surface area contributed by atoms with Gasteiger partial charge in [-0.15, -0.1) is 0 Å². The molecule has 0 radical (unpaired) electrons. The Hall–Kier alpha value is -1.83. The molecule has 112 valence electrons. The average Bonchev–Trinajstić information content (AvgIpc) is 2.45. The lowest BCUT2D eigenvalue weighted by atomic mass is 9.80. The van der Waals surface area contributed by atoms with Crippen molar-refractivity contribution < 1.29 is 14.6 Å². The zero-order valence-corrected chi connectivity index (χ0v) is 12.5. The van der Waals surface area contributed by atoms with E-state index in [-0.39, 0.29) is 18.1 Å². The molecule has 1 aliphatic carbocycles. The smallest absolute Gasteiger partial charge is 0.252 e. The second-order valence-corrected chi connectivity index (χ2v) is 5.43. The third-order valence-electron chi connectivity index (χ3n) is 3.99. The summed E-state index contributed by atoms with van der Waals surface area (Å²) in [5.74, 6) is 5.26. The van der Waals surface area contributed by atoms with Crippen molar-refractivity contribution >= 4 is 5.91 Å². The second kappa shape index (κ2) is 6.75. The Morgan fingerprint density at radius 1 is 1.48 bits per heavy atom. The van der Waals surface area contributed by atoms with Crippen LogP contribution in [0.3, 0.4) is 0 Å². The number of methoxy groups -OCH3 is 1. The SMILES string of the molecule is COC1(CNC(=O)c2cc(C)ccc2C#CCO)CCC1. The first-order valence-electron chi connectivity index (χ1n) is 7.14. The van der Waals surface area contributed by atoms with Crippen LogP contribution in [0, 0.1) is 18.8 Å². The van der Waals surface area contributed by atoms with Crippen LogP contribution < -0.4 is 5.32 Å². The van der Waals surface area contributed by atoms with Crippen molar-refractivity contribution in [3.8, 4) is 11.8 Å². The topological polar surface area (TPSA) is 58.6 Å². The second-order valence-electron chi connectivity index (χ2n) is 5.43. The minimum Gasteiger partial charge on any atom is -0.384 e. The molecule has 1 amide bonds. The summed E-state index contributed by atoms with van der Waals surface area (Å²) in [6, 6.07) is 5.53. The molecule has 1 aromatic carbocycles. The van der Waals surface area contributed by atoms with Gasteiger partial charge in [-0.1, -0.05) is 23.5 Å². The molecule has 4 nitrogen and oxygen atoms in total. The van der Waals surface area contributed by atoms with Gasteiger partial charge in [0, 0.05) is 19.2 Å². The molecule has 2 N–H and O–H groups in total. The summed E-state index contributed by atoms with van der Waals surface area (Å²) in [6.45, 7) is 2.23. The van der Waals surface area contributed by atoms with E-state index in [9.17, 15) is 4.79 Å².